The van der Waals surface area contributed by atoms with Crippen molar-refractivity contribution in [2.24, 2.45) is 5.92 Å². The van der Waals surface area contributed by atoms with Gasteiger partial charge in [0, 0.05) is 17.7 Å². The van der Waals surface area contributed by atoms with Crippen LogP contribution in [-0.2, 0) is 0 Å². The van der Waals surface area contributed by atoms with E-state index in [1.54, 1.807) is 0 Å². The van der Waals surface area contributed by atoms with Gasteiger partial charge in [0.1, 0.15) is 5.69 Å². The van der Waals surface area contributed by atoms with Gasteiger partial charge in [-0.05, 0) is 24.8 Å². The van der Waals surface area contributed by atoms with Crippen molar-refractivity contribution in [3.63, 3.8) is 0 Å². The number of nitro groups is 1. The summed E-state index contributed by atoms with van der Waals surface area (Å²) in [6.45, 7) is 2.08. The highest BCUT2D eigenvalue weighted by Gasteiger charge is 2.26. The van der Waals surface area contributed by atoms with Crippen molar-refractivity contribution in [3.05, 3.63) is 32.8 Å². The molecule has 0 aliphatic heterocycles. The van der Waals surface area contributed by atoms with Crippen LogP contribution in [0.25, 0.3) is 0 Å². The van der Waals surface area contributed by atoms with Gasteiger partial charge in [0.05, 0.1) is 9.95 Å². The molecule has 7 heteroatoms. The molecule has 2 rings (SSSR count). The summed E-state index contributed by atoms with van der Waals surface area (Å²) < 4.78 is 0. The molecule has 0 saturated heterocycles. The quantitative estimate of drug-likeness (QED) is 0.509. The number of hydrogen-bond acceptors (Lipinski definition) is 4. The number of carbonyl (C=O) groups excluding carboxylic acids is 1. The smallest absolute Gasteiger partial charge is 0.294 e. The van der Waals surface area contributed by atoms with Crippen LogP contribution in [0.4, 0.5) is 11.4 Å². The highest BCUT2D eigenvalue weighted by Crippen LogP contribution is 2.31. The first-order chi connectivity index (χ1) is 9.40. The molecule has 0 radical (unpaired) electrons. The van der Waals surface area contributed by atoms with Gasteiger partial charge in [-0.2, -0.15) is 0 Å². The van der Waals surface area contributed by atoms with Gasteiger partial charge in [-0.25, -0.2) is 0 Å². The molecular weight excluding hydrogens is 282 g/mol. The maximum atomic E-state index is 12.2. The Morgan fingerprint density at radius 1 is 1.50 bits per heavy atom. The van der Waals surface area contributed by atoms with Crippen LogP contribution >= 0.6 is 11.6 Å². The number of rotatable bonds is 3. The van der Waals surface area contributed by atoms with Crippen molar-refractivity contribution in [2.75, 3.05) is 5.73 Å². The van der Waals surface area contributed by atoms with Gasteiger partial charge >= 0.3 is 0 Å². The predicted octanol–water partition coefficient (Wildman–Crippen LogP) is 2.75. The van der Waals surface area contributed by atoms with E-state index >= 15 is 0 Å². The van der Waals surface area contributed by atoms with E-state index in [0.717, 1.165) is 25.3 Å². The normalized spacial score (nSPS) is 21.7. The first-order valence-electron chi connectivity index (χ1n) is 6.44. The van der Waals surface area contributed by atoms with Crippen molar-refractivity contribution in [1.82, 2.24) is 5.32 Å². The van der Waals surface area contributed by atoms with Crippen LogP contribution in [0.15, 0.2) is 12.1 Å². The lowest BCUT2D eigenvalue weighted by Gasteiger charge is -2.17. The second-order valence-corrected chi connectivity index (χ2v) is 5.54. The largest absolute Gasteiger partial charge is 0.392 e. The number of nitrogen functional groups attached to an aromatic ring is 1. The number of halogens is 1. The van der Waals surface area contributed by atoms with Crippen molar-refractivity contribution >= 4 is 28.9 Å². The minimum absolute atomic E-state index is 0.0174. The number of nitro benzene ring substituents is 1. The van der Waals surface area contributed by atoms with Crippen LogP contribution in [0.3, 0.4) is 0 Å². The number of amides is 1. The Balaban J connectivity index is 2.24. The van der Waals surface area contributed by atoms with Gasteiger partial charge in [-0.1, -0.05) is 24.9 Å². The minimum atomic E-state index is -0.643. The molecule has 1 aliphatic carbocycles. The van der Waals surface area contributed by atoms with Gasteiger partial charge in [0.25, 0.3) is 11.6 Å². The number of nitrogens with two attached hydrogens (primary N) is 1. The molecule has 1 saturated carbocycles. The molecule has 0 heterocycles. The summed E-state index contributed by atoms with van der Waals surface area (Å²) in [4.78, 5) is 22.4. The first kappa shape index (κ1) is 14.6. The lowest BCUT2D eigenvalue weighted by atomic mass is 10.1. The fourth-order valence-electron chi connectivity index (χ4n) is 2.50. The van der Waals surface area contributed by atoms with Crippen LogP contribution in [0, 0.1) is 16.0 Å². The van der Waals surface area contributed by atoms with Crippen LogP contribution < -0.4 is 11.1 Å². The van der Waals surface area contributed by atoms with Gasteiger partial charge in [-0.3, -0.25) is 14.9 Å². The van der Waals surface area contributed by atoms with Crippen molar-refractivity contribution in [3.8, 4) is 0 Å². The zero-order valence-corrected chi connectivity index (χ0v) is 11.8. The van der Waals surface area contributed by atoms with E-state index in [0.29, 0.717) is 5.92 Å². The molecule has 1 aromatic carbocycles. The summed E-state index contributed by atoms with van der Waals surface area (Å²) in [5.74, 6) is 0.0620. The highest BCUT2D eigenvalue weighted by molar-refractivity contribution is 6.34. The monoisotopic (exact) mass is 297 g/mol. The van der Waals surface area contributed by atoms with Crippen molar-refractivity contribution in [2.45, 2.75) is 32.2 Å². The molecular formula is C13H16ClN3O3. The summed E-state index contributed by atoms with van der Waals surface area (Å²) in [5.41, 5.74) is 5.23. The second-order valence-electron chi connectivity index (χ2n) is 5.14. The van der Waals surface area contributed by atoms with Gasteiger partial charge in [0.15, 0.2) is 0 Å². The zero-order chi connectivity index (χ0) is 14.9. The summed E-state index contributed by atoms with van der Waals surface area (Å²) >= 11 is 5.84. The Morgan fingerprint density at radius 3 is 2.75 bits per heavy atom. The number of nitrogens with zero attached hydrogens (tertiary/aromatic N) is 1. The third kappa shape index (κ3) is 2.85. The Hall–Kier alpha value is -1.82. The molecule has 0 bridgehead atoms. The number of benzene rings is 1. The third-order valence-electron chi connectivity index (χ3n) is 3.74. The molecule has 1 aliphatic rings. The molecule has 20 heavy (non-hydrogen) atoms. The van der Waals surface area contributed by atoms with E-state index in [9.17, 15) is 14.9 Å². The minimum Gasteiger partial charge on any atom is -0.392 e. The SMILES string of the molecule is CC1CCCC1NC(=O)c1cc(Cl)c(N)c([N+](=O)[O-])c1. The average Bonchev–Trinajstić information content (AvgIpc) is 2.77. The van der Waals surface area contributed by atoms with Gasteiger partial charge in [-0.15, -0.1) is 0 Å². The van der Waals surface area contributed by atoms with Crippen molar-refractivity contribution in [1.29, 1.82) is 0 Å². The first-order valence-corrected chi connectivity index (χ1v) is 6.82. The molecule has 2 atom stereocenters. The second kappa shape index (κ2) is 5.66. The van der Waals surface area contributed by atoms with E-state index in [1.165, 1.54) is 6.07 Å². The molecule has 2 unspecified atom stereocenters. The van der Waals surface area contributed by atoms with E-state index in [-0.39, 0.29) is 33.9 Å². The van der Waals surface area contributed by atoms with Gasteiger partial charge in [0.2, 0.25) is 0 Å². The Bertz CT molecular complexity index is 562. The van der Waals surface area contributed by atoms with E-state index in [1.807, 2.05) is 0 Å². The number of anilines is 1. The molecule has 6 nitrogen and oxygen atoms in total. The fourth-order valence-corrected chi connectivity index (χ4v) is 2.71. The zero-order valence-electron chi connectivity index (χ0n) is 11.1. The summed E-state index contributed by atoms with van der Waals surface area (Å²) in [6.07, 6.45) is 3.08. The Morgan fingerprint density at radius 2 is 2.20 bits per heavy atom. The predicted molar refractivity (Wildman–Crippen MR) is 76.8 cm³/mol. The lowest BCUT2D eigenvalue weighted by molar-refractivity contribution is -0.383. The van der Waals surface area contributed by atoms with Crippen LogP contribution in [0.5, 0.6) is 0 Å². The van der Waals surface area contributed by atoms with E-state index in [2.05, 4.69) is 12.2 Å². The third-order valence-corrected chi connectivity index (χ3v) is 4.06. The van der Waals surface area contributed by atoms with Gasteiger partial charge < -0.3 is 11.1 Å². The molecule has 108 valence electrons. The number of nitrogens with one attached hydrogen (secondary N) is 1. The highest BCUT2D eigenvalue weighted by atomic mass is 35.5. The Labute approximate surface area is 121 Å². The van der Waals surface area contributed by atoms with E-state index in [4.69, 9.17) is 17.3 Å². The van der Waals surface area contributed by atoms with Crippen molar-refractivity contribution < 1.29 is 9.72 Å². The van der Waals surface area contributed by atoms with Crippen LogP contribution in [0.1, 0.15) is 36.5 Å². The molecule has 3 N–H and O–H groups in total. The maximum Gasteiger partial charge on any atom is 0.294 e. The summed E-state index contributed by atoms with van der Waals surface area (Å²) in [5, 5.41) is 13.8. The number of hydrogen-bond donors (Lipinski definition) is 2. The summed E-state index contributed by atoms with van der Waals surface area (Å²) in [7, 11) is 0. The Kier molecular flexibility index (Phi) is 4.13. The number of carbonyl (C=O) groups is 1. The molecule has 1 fully saturated rings. The topological polar surface area (TPSA) is 98.3 Å². The molecule has 1 aromatic rings. The van der Waals surface area contributed by atoms with E-state index < -0.39 is 4.92 Å². The fraction of sp³-hybridized carbons (Fsp3) is 0.462. The van der Waals surface area contributed by atoms with Crippen LogP contribution in [-0.4, -0.2) is 16.9 Å². The standard InChI is InChI=1S/C13H16ClN3O3/c1-7-3-2-4-10(7)16-13(18)8-5-9(14)12(15)11(6-8)17(19)20/h5-7,10H,2-4,15H2,1H3,(H,16,18). The average molecular weight is 298 g/mol. The maximum absolute atomic E-state index is 12.2. The molecule has 0 spiro atoms. The lowest BCUT2D eigenvalue weighted by Crippen LogP contribution is -2.36. The molecule has 1 amide bonds. The summed E-state index contributed by atoms with van der Waals surface area (Å²) in [6, 6.07) is 2.63. The van der Waals surface area contributed by atoms with Crippen LogP contribution in [0.2, 0.25) is 5.02 Å². The molecule has 0 aromatic heterocycles.